The molecule has 0 saturated heterocycles. The van der Waals surface area contributed by atoms with E-state index >= 15 is 0 Å². The molecule has 1 saturated carbocycles. The molecule has 1 aromatic heterocycles. The van der Waals surface area contributed by atoms with Crippen LogP contribution in [0.5, 0.6) is 11.5 Å². The first-order valence-electron chi connectivity index (χ1n) is 9.07. The van der Waals surface area contributed by atoms with E-state index in [1.54, 1.807) is 6.92 Å². The number of ether oxygens (including phenoxy) is 2. The smallest absolute Gasteiger partial charge is 0.244 e. The number of nitrogens with zero attached hydrogens (tertiary/aromatic N) is 2. The number of methoxy groups -OCH3 is 2. The highest BCUT2D eigenvalue weighted by Crippen LogP contribution is 2.38. The molecule has 3 rings (SSSR count). The predicted octanol–water partition coefficient (Wildman–Crippen LogP) is 3.06. The first kappa shape index (κ1) is 20.5. The summed E-state index contributed by atoms with van der Waals surface area (Å²) in [6.45, 7) is 1.64. The molecular weight excluding hydrogens is 389 g/mol. The summed E-state index contributed by atoms with van der Waals surface area (Å²) in [6, 6.07) is 2.11. The third kappa shape index (κ3) is 3.97. The first-order valence-corrected chi connectivity index (χ1v) is 10.6. The summed E-state index contributed by atoms with van der Waals surface area (Å²) < 4.78 is 58.8. The number of aryl methyl sites for hydroxylation is 1. The summed E-state index contributed by atoms with van der Waals surface area (Å²) in [5, 5.41) is 3.96. The van der Waals surface area contributed by atoms with Crippen molar-refractivity contribution >= 4 is 10.0 Å². The molecule has 28 heavy (non-hydrogen) atoms. The quantitative estimate of drug-likeness (QED) is 0.726. The predicted molar refractivity (Wildman–Crippen MR) is 98.2 cm³/mol. The van der Waals surface area contributed by atoms with E-state index in [-0.39, 0.29) is 17.3 Å². The first-order chi connectivity index (χ1) is 13.3. The molecular formula is C18H24FN3O5S. The molecule has 1 aliphatic carbocycles. The topological polar surface area (TPSA) is 104 Å². The molecule has 10 heteroatoms. The number of halogens is 1. The maximum absolute atomic E-state index is 14.6. The van der Waals surface area contributed by atoms with Crippen LogP contribution in [0.1, 0.15) is 50.2 Å². The van der Waals surface area contributed by atoms with Gasteiger partial charge in [0.2, 0.25) is 15.9 Å². The fraction of sp³-hybridized carbons (Fsp3) is 0.556. The maximum atomic E-state index is 14.6. The van der Waals surface area contributed by atoms with Crippen molar-refractivity contribution in [2.24, 2.45) is 0 Å². The highest BCUT2D eigenvalue weighted by atomic mass is 32.2. The van der Waals surface area contributed by atoms with Gasteiger partial charge in [-0.1, -0.05) is 30.8 Å². The molecule has 8 nitrogen and oxygen atoms in total. The van der Waals surface area contributed by atoms with Gasteiger partial charge in [0.25, 0.3) is 0 Å². The van der Waals surface area contributed by atoms with Crippen LogP contribution >= 0.6 is 0 Å². The lowest BCUT2D eigenvalue weighted by molar-refractivity contribution is 0.301. The van der Waals surface area contributed by atoms with E-state index in [0.29, 0.717) is 18.7 Å². The molecule has 1 aliphatic rings. The molecule has 1 fully saturated rings. The van der Waals surface area contributed by atoms with Crippen molar-refractivity contribution in [1.29, 1.82) is 0 Å². The van der Waals surface area contributed by atoms with Crippen molar-refractivity contribution in [2.75, 3.05) is 14.2 Å². The van der Waals surface area contributed by atoms with Crippen molar-refractivity contribution in [1.82, 2.24) is 14.9 Å². The van der Waals surface area contributed by atoms with Gasteiger partial charge in [0.05, 0.1) is 19.8 Å². The number of nitrogens with one attached hydrogen (secondary N) is 1. The largest absolute Gasteiger partial charge is 0.493 e. The molecule has 154 valence electrons. The number of hydrogen-bond donors (Lipinski definition) is 1. The molecule has 1 N–H and O–H groups in total. The molecule has 0 amide bonds. The van der Waals surface area contributed by atoms with Gasteiger partial charge in [0, 0.05) is 19.1 Å². The molecule has 0 aliphatic heterocycles. The molecule has 0 spiro atoms. The number of aromatic nitrogens is 2. The Morgan fingerprint density at radius 1 is 1.11 bits per heavy atom. The lowest BCUT2D eigenvalue weighted by atomic mass is 9.91. The van der Waals surface area contributed by atoms with Gasteiger partial charge in [0.15, 0.2) is 17.3 Å². The number of sulfonamides is 1. The Hall–Kier alpha value is -2.20. The summed E-state index contributed by atoms with van der Waals surface area (Å²) >= 11 is 0. The van der Waals surface area contributed by atoms with Crippen LogP contribution in [-0.4, -0.2) is 32.8 Å². The Morgan fingerprint density at radius 3 is 2.25 bits per heavy atom. The average Bonchev–Trinajstić information content (AvgIpc) is 2.97. The molecule has 1 heterocycles. The van der Waals surface area contributed by atoms with Crippen LogP contribution < -0.4 is 14.2 Å². The Bertz CT molecular complexity index is 937. The number of hydrogen-bond acceptors (Lipinski definition) is 7. The lowest BCUT2D eigenvalue weighted by Gasteiger charge is -2.30. The number of benzene rings is 1. The zero-order valence-electron chi connectivity index (χ0n) is 16.1. The van der Waals surface area contributed by atoms with Gasteiger partial charge in [-0.15, -0.1) is 0 Å². The Morgan fingerprint density at radius 2 is 1.71 bits per heavy atom. The molecule has 0 unspecified atom stereocenters. The van der Waals surface area contributed by atoms with Crippen LogP contribution in [0.25, 0.3) is 0 Å². The normalized spacial score (nSPS) is 17.1. The zero-order chi connectivity index (χ0) is 20.4. The molecule has 1 aromatic carbocycles. The van der Waals surface area contributed by atoms with Crippen LogP contribution in [0.2, 0.25) is 0 Å². The van der Waals surface area contributed by atoms with Crippen LogP contribution in [0, 0.1) is 12.7 Å². The Balaban J connectivity index is 2.05. The van der Waals surface area contributed by atoms with E-state index < -0.39 is 26.3 Å². The van der Waals surface area contributed by atoms with E-state index in [2.05, 4.69) is 14.9 Å². The monoisotopic (exact) mass is 413 g/mol. The molecule has 2 aromatic rings. The molecule has 0 radical (unpaired) electrons. The van der Waals surface area contributed by atoms with Gasteiger partial charge >= 0.3 is 0 Å². The lowest BCUT2D eigenvalue weighted by Crippen LogP contribution is -2.46. The summed E-state index contributed by atoms with van der Waals surface area (Å²) in [6.07, 6.45) is 4.55. The van der Waals surface area contributed by atoms with Crippen LogP contribution in [0.3, 0.4) is 0 Å². The van der Waals surface area contributed by atoms with Gasteiger partial charge in [-0.2, -0.15) is 9.71 Å². The van der Waals surface area contributed by atoms with E-state index in [4.69, 9.17) is 14.0 Å². The van der Waals surface area contributed by atoms with Gasteiger partial charge in [0.1, 0.15) is 10.7 Å². The summed E-state index contributed by atoms with van der Waals surface area (Å²) in [4.78, 5) is 3.75. The fourth-order valence-electron chi connectivity index (χ4n) is 3.55. The highest BCUT2D eigenvalue weighted by molar-refractivity contribution is 7.89. The minimum atomic E-state index is -4.24. The van der Waals surface area contributed by atoms with Crippen molar-refractivity contribution in [3.05, 3.63) is 29.7 Å². The number of rotatable bonds is 6. The van der Waals surface area contributed by atoms with E-state index in [9.17, 15) is 12.8 Å². The Kier molecular flexibility index (Phi) is 5.90. The maximum Gasteiger partial charge on any atom is 0.244 e. The van der Waals surface area contributed by atoms with Gasteiger partial charge < -0.3 is 14.0 Å². The van der Waals surface area contributed by atoms with Gasteiger partial charge in [-0.25, -0.2) is 12.8 Å². The highest BCUT2D eigenvalue weighted by Gasteiger charge is 2.42. The third-order valence-electron chi connectivity index (χ3n) is 4.97. The van der Waals surface area contributed by atoms with Crippen LogP contribution in [0.15, 0.2) is 21.6 Å². The van der Waals surface area contributed by atoms with Crippen molar-refractivity contribution in [2.45, 2.75) is 55.9 Å². The van der Waals surface area contributed by atoms with E-state index in [1.165, 1.54) is 14.2 Å². The van der Waals surface area contributed by atoms with E-state index in [1.807, 2.05) is 0 Å². The second-order valence-corrected chi connectivity index (χ2v) is 8.53. The third-order valence-corrected chi connectivity index (χ3v) is 6.52. The van der Waals surface area contributed by atoms with Gasteiger partial charge in [-0.05, 0) is 12.8 Å². The van der Waals surface area contributed by atoms with Crippen LogP contribution in [0.4, 0.5) is 4.39 Å². The molecule has 0 atom stereocenters. The second-order valence-electron chi connectivity index (χ2n) is 6.88. The Labute approximate surface area is 163 Å². The second kappa shape index (κ2) is 8.04. The molecule has 0 bridgehead atoms. The van der Waals surface area contributed by atoms with Gasteiger partial charge in [-0.3, -0.25) is 0 Å². The zero-order valence-corrected chi connectivity index (χ0v) is 16.9. The minimum absolute atomic E-state index is 0.108. The van der Waals surface area contributed by atoms with Crippen LogP contribution in [-0.2, 0) is 15.6 Å². The fourth-order valence-corrected chi connectivity index (χ4v) is 5.05. The SMILES string of the molecule is COc1cc(F)c(S(=O)(=O)NC2(c3noc(C)n3)CCCCCC2)cc1OC. The summed E-state index contributed by atoms with van der Waals surface area (Å²) in [7, 11) is -1.54. The van der Waals surface area contributed by atoms with E-state index in [0.717, 1.165) is 37.8 Å². The van der Waals surface area contributed by atoms with Crippen molar-refractivity contribution in [3.63, 3.8) is 0 Å². The average molecular weight is 413 g/mol. The minimum Gasteiger partial charge on any atom is -0.493 e. The standard InChI is InChI=1S/C18H24FN3O5S/c1-12-20-17(21-27-12)18(8-6-4-5-7-9-18)22-28(23,24)16-11-15(26-3)14(25-2)10-13(16)19/h10-11,22H,4-9H2,1-3H3. The summed E-state index contributed by atoms with van der Waals surface area (Å²) in [5.74, 6) is -0.0868. The summed E-state index contributed by atoms with van der Waals surface area (Å²) in [5.41, 5.74) is -1.05. The van der Waals surface area contributed by atoms with Crippen molar-refractivity contribution in [3.8, 4) is 11.5 Å². The van der Waals surface area contributed by atoms with Crippen molar-refractivity contribution < 1.29 is 26.8 Å².